The minimum atomic E-state index is -0.669. The molecule has 3 rings (SSSR count). The van der Waals surface area contributed by atoms with Crippen LogP contribution in [0.2, 0.25) is 0 Å². The predicted octanol–water partition coefficient (Wildman–Crippen LogP) is 3.89. The van der Waals surface area contributed by atoms with Crippen molar-refractivity contribution in [2.45, 2.75) is 13.5 Å². The first kappa shape index (κ1) is 16.0. The smallest absolute Gasteiger partial charge is 0.342 e. The quantitative estimate of drug-likeness (QED) is 0.704. The van der Waals surface area contributed by atoms with E-state index >= 15 is 0 Å². The zero-order chi connectivity index (χ0) is 17.1. The lowest BCUT2D eigenvalue weighted by Crippen LogP contribution is -2.05. The highest BCUT2D eigenvalue weighted by atomic mass is 32.1. The molecule has 0 fully saturated rings. The van der Waals surface area contributed by atoms with Crippen molar-refractivity contribution in [3.63, 3.8) is 0 Å². The fourth-order valence-electron chi connectivity index (χ4n) is 2.11. The molecule has 2 aromatic carbocycles. The summed E-state index contributed by atoms with van der Waals surface area (Å²) in [5.74, 6) is -1.11. The Bertz CT molecular complexity index is 871. The van der Waals surface area contributed by atoms with Gasteiger partial charge in [0, 0.05) is 17.0 Å². The number of hydrogen-bond acceptors (Lipinski definition) is 6. The average molecular weight is 341 g/mol. The number of benzene rings is 2. The molecule has 5 nitrogen and oxygen atoms in total. The van der Waals surface area contributed by atoms with Crippen LogP contribution < -0.4 is 0 Å². The van der Waals surface area contributed by atoms with Crippen LogP contribution in [0.3, 0.4) is 0 Å². The number of aromatic nitrogens is 1. The maximum absolute atomic E-state index is 12.0. The van der Waals surface area contributed by atoms with Gasteiger partial charge in [0.25, 0.3) is 0 Å². The van der Waals surface area contributed by atoms with E-state index < -0.39 is 5.97 Å². The first-order chi connectivity index (χ1) is 11.5. The van der Waals surface area contributed by atoms with Gasteiger partial charge in [-0.25, -0.2) is 9.78 Å². The fourth-order valence-corrected chi connectivity index (χ4v) is 2.92. The Morgan fingerprint density at radius 2 is 1.92 bits per heavy atom. The fraction of sp³-hybridized carbons (Fsp3) is 0.111. The van der Waals surface area contributed by atoms with E-state index in [0.29, 0.717) is 5.69 Å². The van der Waals surface area contributed by atoms with Crippen LogP contribution in [0.25, 0.3) is 10.6 Å². The number of thiazole rings is 1. The highest BCUT2D eigenvalue weighted by Crippen LogP contribution is 2.26. The highest BCUT2D eigenvalue weighted by molar-refractivity contribution is 7.13. The summed E-state index contributed by atoms with van der Waals surface area (Å²) in [6, 6.07) is 11.8. The summed E-state index contributed by atoms with van der Waals surface area (Å²) < 4.78 is 5.17. The number of esters is 1. The van der Waals surface area contributed by atoms with Crippen LogP contribution in [0.15, 0.2) is 47.8 Å². The number of carbonyl (C=O) groups is 1. The number of aromatic hydroxyl groups is 2. The zero-order valence-corrected chi connectivity index (χ0v) is 13.7. The van der Waals surface area contributed by atoms with Crippen LogP contribution in [0, 0.1) is 6.92 Å². The average Bonchev–Trinajstić information content (AvgIpc) is 3.02. The molecule has 0 saturated carbocycles. The molecule has 2 N–H and O–H groups in total. The second kappa shape index (κ2) is 6.72. The molecule has 0 aliphatic carbocycles. The van der Waals surface area contributed by atoms with Gasteiger partial charge in [0.05, 0.1) is 5.69 Å². The molecule has 3 aromatic rings. The molecule has 0 aliphatic heterocycles. The van der Waals surface area contributed by atoms with Crippen molar-refractivity contribution in [1.29, 1.82) is 0 Å². The van der Waals surface area contributed by atoms with Gasteiger partial charge < -0.3 is 14.9 Å². The van der Waals surface area contributed by atoms with Gasteiger partial charge in [-0.2, -0.15) is 0 Å². The normalized spacial score (nSPS) is 10.5. The number of ether oxygens (including phenoxy) is 1. The molecule has 0 amide bonds. The lowest BCUT2D eigenvalue weighted by molar-refractivity contribution is 0.0465. The van der Waals surface area contributed by atoms with Crippen molar-refractivity contribution in [3.8, 4) is 22.1 Å². The molecule has 0 atom stereocenters. The van der Waals surface area contributed by atoms with Crippen molar-refractivity contribution >= 4 is 17.3 Å². The van der Waals surface area contributed by atoms with Crippen molar-refractivity contribution in [1.82, 2.24) is 4.98 Å². The molecule has 122 valence electrons. The largest absolute Gasteiger partial charge is 0.508 e. The van der Waals surface area contributed by atoms with Crippen LogP contribution in [0.5, 0.6) is 11.5 Å². The minimum Gasteiger partial charge on any atom is -0.508 e. The van der Waals surface area contributed by atoms with Gasteiger partial charge in [-0.05, 0) is 19.1 Å². The van der Waals surface area contributed by atoms with Crippen LogP contribution in [0.1, 0.15) is 21.6 Å². The third-order valence-electron chi connectivity index (χ3n) is 3.40. The van der Waals surface area contributed by atoms with Crippen LogP contribution in [0.4, 0.5) is 0 Å². The number of rotatable bonds is 4. The Morgan fingerprint density at radius 1 is 1.17 bits per heavy atom. The van der Waals surface area contributed by atoms with Gasteiger partial charge in [0.1, 0.15) is 28.7 Å². The minimum absolute atomic E-state index is 0.00166. The molecule has 1 heterocycles. The lowest BCUT2D eigenvalue weighted by atomic mass is 10.2. The summed E-state index contributed by atoms with van der Waals surface area (Å²) in [5.41, 5.74) is 2.83. The van der Waals surface area contributed by atoms with E-state index in [1.165, 1.54) is 29.0 Å². The van der Waals surface area contributed by atoms with E-state index in [1.54, 1.807) is 0 Å². The topological polar surface area (TPSA) is 79.7 Å². The Kier molecular flexibility index (Phi) is 4.48. The van der Waals surface area contributed by atoms with Gasteiger partial charge >= 0.3 is 5.97 Å². The Labute approximate surface area is 142 Å². The number of phenols is 2. The number of phenolic OH excluding ortho intramolecular Hbond substituents is 2. The van der Waals surface area contributed by atoms with Gasteiger partial charge in [0.2, 0.25) is 0 Å². The number of nitrogens with zero attached hydrogens (tertiary/aromatic N) is 1. The third-order valence-corrected chi connectivity index (χ3v) is 4.34. The summed E-state index contributed by atoms with van der Waals surface area (Å²) in [5, 5.41) is 21.6. The molecule has 24 heavy (non-hydrogen) atoms. The van der Waals surface area contributed by atoms with E-state index in [9.17, 15) is 15.0 Å². The summed E-state index contributed by atoms with van der Waals surface area (Å²) in [6.45, 7) is 2.04. The number of carbonyl (C=O) groups excluding carboxylic acids is 1. The predicted molar refractivity (Wildman–Crippen MR) is 91.2 cm³/mol. The SMILES string of the molecule is Cc1ccc(-c2nc(COC(=O)c3ccc(O)cc3O)cs2)cc1. The molecule has 0 bridgehead atoms. The summed E-state index contributed by atoms with van der Waals surface area (Å²) in [4.78, 5) is 16.4. The molecule has 0 radical (unpaired) electrons. The first-order valence-electron chi connectivity index (χ1n) is 7.23. The second-order valence-corrected chi connectivity index (χ2v) is 6.15. The van der Waals surface area contributed by atoms with Crippen LogP contribution in [-0.2, 0) is 11.3 Å². The molecule has 0 unspecified atom stereocenters. The monoisotopic (exact) mass is 341 g/mol. The van der Waals surface area contributed by atoms with E-state index in [4.69, 9.17) is 4.74 Å². The van der Waals surface area contributed by atoms with E-state index in [-0.39, 0.29) is 23.7 Å². The second-order valence-electron chi connectivity index (χ2n) is 5.29. The maximum Gasteiger partial charge on any atom is 0.342 e. The van der Waals surface area contributed by atoms with Crippen LogP contribution >= 0.6 is 11.3 Å². The van der Waals surface area contributed by atoms with Gasteiger partial charge in [0.15, 0.2) is 0 Å². The van der Waals surface area contributed by atoms with Gasteiger partial charge in [-0.15, -0.1) is 11.3 Å². The Balaban J connectivity index is 1.67. The number of hydrogen-bond donors (Lipinski definition) is 2. The van der Waals surface area contributed by atoms with E-state index in [2.05, 4.69) is 4.98 Å². The van der Waals surface area contributed by atoms with E-state index in [0.717, 1.165) is 16.6 Å². The molecule has 1 aromatic heterocycles. The summed E-state index contributed by atoms with van der Waals surface area (Å²) in [7, 11) is 0. The lowest BCUT2D eigenvalue weighted by Gasteiger charge is -2.05. The van der Waals surface area contributed by atoms with E-state index in [1.807, 2.05) is 36.6 Å². The number of aryl methyl sites for hydroxylation is 1. The zero-order valence-electron chi connectivity index (χ0n) is 12.9. The first-order valence-corrected chi connectivity index (χ1v) is 8.11. The van der Waals surface area contributed by atoms with Gasteiger partial charge in [-0.3, -0.25) is 0 Å². The summed E-state index contributed by atoms with van der Waals surface area (Å²) in [6.07, 6.45) is 0. The van der Waals surface area contributed by atoms with Gasteiger partial charge in [-0.1, -0.05) is 29.8 Å². The molecule has 0 saturated heterocycles. The standard InChI is InChI=1S/C18H15NO4S/c1-11-2-4-12(5-3-11)17-19-13(10-24-17)9-23-18(22)15-7-6-14(20)8-16(15)21/h2-8,10,20-21H,9H2,1H3. The Morgan fingerprint density at radius 3 is 2.62 bits per heavy atom. The van der Waals surface area contributed by atoms with Crippen LogP contribution in [-0.4, -0.2) is 21.2 Å². The third kappa shape index (κ3) is 3.55. The molecule has 0 spiro atoms. The summed E-state index contributed by atoms with van der Waals surface area (Å²) >= 11 is 1.48. The highest BCUT2D eigenvalue weighted by Gasteiger charge is 2.14. The van der Waals surface area contributed by atoms with Crippen molar-refractivity contribution in [2.75, 3.05) is 0 Å². The molecular formula is C18H15NO4S. The van der Waals surface area contributed by atoms with Crippen molar-refractivity contribution in [3.05, 3.63) is 64.7 Å². The molecule has 0 aliphatic rings. The maximum atomic E-state index is 12.0. The Hall–Kier alpha value is -2.86. The molecular weight excluding hydrogens is 326 g/mol. The van der Waals surface area contributed by atoms with Crippen molar-refractivity contribution < 1.29 is 19.7 Å². The van der Waals surface area contributed by atoms with Crippen molar-refractivity contribution in [2.24, 2.45) is 0 Å². The molecule has 6 heteroatoms.